The molecule has 0 unspecified atom stereocenters. The van der Waals surface area contributed by atoms with E-state index in [-0.39, 0.29) is 0 Å². The lowest BCUT2D eigenvalue weighted by atomic mass is 10.2. The summed E-state index contributed by atoms with van der Waals surface area (Å²) in [5, 5.41) is 11.9. The number of hydrogen-bond donors (Lipinski definition) is 2. The van der Waals surface area contributed by atoms with Crippen LogP contribution in [0, 0.1) is 0 Å². The van der Waals surface area contributed by atoms with Gasteiger partial charge in [0.05, 0.1) is 0 Å². The quantitative estimate of drug-likeness (QED) is 0.541. The highest BCUT2D eigenvalue weighted by molar-refractivity contribution is 4.80. The van der Waals surface area contributed by atoms with Gasteiger partial charge < -0.3 is 10.4 Å². The third kappa shape index (κ3) is 3.85. The Bertz CT molecular complexity index is 81.3. The molecule has 0 amide bonds. The summed E-state index contributed by atoms with van der Waals surface area (Å²) in [4.78, 5) is 0. The fraction of sp³-hybridized carbons (Fsp3) is 1.00. The van der Waals surface area contributed by atoms with Crippen molar-refractivity contribution in [2.75, 3.05) is 13.2 Å². The largest absolute Gasteiger partial charge is 0.396 e. The first-order valence-corrected chi connectivity index (χ1v) is 4.27. The maximum absolute atomic E-state index is 8.47. The van der Waals surface area contributed by atoms with Crippen LogP contribution in [0.25, 0.3) is 0 Å². The Morgan fingerprint density at radius 3 is 2.60 bits per heavy atom. The van der Waals surface area contributed by atoms with Crippen molar-refractivity contribution < 1.29 is 5.11 Å². The molecule has 0 spiro atoms. The highest BCUT2D eigenvalue weighted by atomic mass is 16.2. The summed E-state index contributed by atoms with van der Waals surface area (Å²) in [7, 11) is 0. The molecular formula is C8H17NO. The van der Waals surface area contributed by atoms with Crippen molar-refractivity contribution in [2.45, 2.75) is 38.1 Å². The molecule has 0 saturated heterocycles. The van der Waals surface area contributed by atoms with E-state index in [9.17, 15) is 0 Å². The molecule has 1 rings (SSSR count). The maximum atomic E-state index is 8.47. The Labute approximate surface area is 62.6 Å². The summed E-state index contributed by atoms with van der Waals surface area (Å²) < 4.78 is 0. The van der Waals surface area contributed by atoms with Gasteiger partial charge in [-0.1, -0.05) is 0 Å². The first-order valence-electron chi connectivity index (χ1n) is 4.27. The van der Waals surface area contributed by atoms with E-state index in [2.05, 4.69) is 5.32 Å². The van der Waals surface area contributed by atoms with E-state index in [1.54, 1.807) is 0 Å². The minimum atomic E-state index is 0.351. The number of rotatable bonds is 6. The summed E-state index contributed by atoms with van der Waals surface area (Å²) in [6.07, 6.45) is 6.10. The van der Waals surface area contributed by atoms with Crippen LogP contribution in [0.2, 0.25) is 0 Å². The second kappa shape index (κ2) is 4.69. The summed E-state index contributed by atoms with van der Waals surface area (Å²) >= 11 is 0. The van der Waals surface area contributed by atoms with Crippen LogP contribution in [0.1, 0.15) is 32.1 Å². The monoisotopic (exact) mass is 143 g/mol. The molecule has 1 aliphatic rings. The number of hydrogen-bond acceptors (Lipinski definition) is 2. The van der Waals surface area contributed by atoms with E-state index < -0.39 is 0 Å². The fourth-order valence-corrected chi connectivity index (χ4v) is 1.01. The Hall–Kier alpha value is -0.0800. The molecule has 0 aliphatic heterocycles. The van der Waals surface area contributed by atoms with Crippen LogP contribution in [-0.2, 0) is 0 Å². The van der Waals surface area contributed by atoms with Gasteiger partial charge in [0.1, 0.15) is 0 Å². The average molecular weight is 143 g/mol. The Kier molecular flexibility index (Phi) is 3.76. The topological polar surface area (TPSA) is 32.3 Å². The molecule has 60 valence electrons. The van der Waals surface area contributed by atoms with E-state index in [0.29, 0.717) is 6.61 Å². The van der Waals surface area contributed by atoms with Crippen molar-refractivity contribution in [2.24, 2.45) is 0 Å². The lowest BCUT2D eigenvalue weighted by Gasteiger charge is -2.00. The molecule has 0 aromatic heterocycles. The molecule has 1 fully saturated rings. The molecule has 0 heterocycles. The van der Waals surface area contributed by atoms with Crippen molar-refractivity contribution in [1.82, 2.24) is 5.32 Å². The lowest BCUT2D eigenvalue weighted by molar-refractivity contribution is 0.283. The summed E-state index contributed by atoms with van der Waals surface area (Å²) in [6, 6.07) is 0.842. The van der Waals surface area contributed by atoms with E-state index in [1.807, 2.05) is 0 Å². The van der Waals surface area contributed by atoms with E-state index >= 15 is 0 Å². The second-order valence-corrected chi connectivity index (χ2v) is 3.01. The Balaban J connectivity index is 1.68. The average Bonchev–Trinajstić information content (AvgIpc) is 2.71. The lowest BCUT2D eigenvalue weighted by Crippen LogP contribution is -2.17. The summed E-state index contributed by atoms with van der Waals surface area (Å²) in [6.45, 7) is 1.49. The van der Waals surface area contributed by atoms with Crippen LogP contribution in [0.5, 0.6) is 0 Å². The van der Waals surface area contributed by atoms with Crippen LogP contribution in [0.4, 0.5) is 0 Å². The fourth-order valence-electron chi connectivity index (χ4n) is 1.01. The normalized spacial score (nSPS) is 17.7. The molecule has 0 aromatic rings. The number of aliphatic hydroxyl groups excluding tert-OH is 1. The van der Waals surface area contributed by atoms with Crippen LogP contribution < -0.4 is 5.32 Å². The van der Waals surface area contributed by atoms with Gasteiger partial charge in [-0.15, -0.1) is 0 Å². The minimum absolute atomic E-state index is 0.351. The molecule has 0 atom stereocenters. The second-order valence-electron chi connectivity index (χ2n) is 3.01. The minimum Gasteiger partial charge on any atom is -0.396 e. The van der Waals surface area contributed by atoms with Crippen molar-refractivity contribution in [3.63, 3.8) is 0 Å². The molecule has 2 nitrogen and oxygen atoms in total. The molecule has 2 heteroatoms. The van der Waals surface area contributed by atoms with E-state index in [1.165, 1.54) is 19.3 Å². The van der Waals surface area contributed by atoms with Gasteiger partial charge in [0.2, 0.25) is 0 Å². The van der Waals surface area contributed by atoms with Gasteiger partial charge in [0.15, 0.2) is 0 Å². The van der Waals surface area contributed by atoms with Crippen molar-refractivity contribution in [1.29, 1.82) is 0 Å². The van der Waals surface area contributed by atoms with Crippen LogP contribution in [-0.4, -0.2) is 24.3 Å². The van der Waals surface area contributed by atoms with Gasteiger partial charge in [0.25, 0.3) is 0 Å². The predicted molar refractivity (Wildman–Crippen MR) is 42.0 cm³/mol. The van der Waals surface area contributed by atoms with Crippen LogP contribution in [0.3, 0.4) is 0 Å². The molecule has 0 radical (unpaired) electrons. The zero-order chi connectivity index (χ0) is 7.23. The molecular weight excluding hydrogens is 126 g/mol. The number of nitrogens with one attached hydrogen (secondary N) is 1. The van der Waals surface area contributed by atoms with Crippen LogP contribution >= 0.6 is 0 Å². The Morgan fingerprint density at radius 1 is 1.20 bits per heavy atom. The first-order chi connectivity index (χ1) is 4.93. The standard InChI is InChI=1S/C8H17NO/c10-7-3-1-2-6-9-8-4-5-8/h8-10H,1-7H2. The summed E-state index contributed by atoms with van der Waals surface area (Å²) in [5.74, 6) is 0. The van der Waals surface area contributed by atoms with Gasteiger partial charge in [0, 0.05) is 12.6 Å². The van der Waals surface area contributed by atoms with Gasteiger partial charge in [-0.05, 0) is 38.6 Å². The molecule has 2 N–H and O–H groups in total. The van der Waals surface area contributed by atoms with Crippen LogP contribution in [0.15, 0.2) is 0 Å². The zero-order valence-electron chi connectivity index (χ0n) is 6.47. The number of aliphatic hydroxyl groups is 1. The SMILES string of the molecule is OCCCCCNC1CC1. The van der Waals surface area contributed by atoms with Crippen molar-refractivity contribution >= 4 is 0 Å². The maximum Gasteiger partial charge on any atom is 0.0431 e. The third-order valence-electron chi connectivity index (χ3n) is 1.85. The molecule has 0 aromatic carbocycles. The van der Waals surface area contributed by atoms with E-state index in [0.717, 1.165) is 25.4 Å². The smallest absolute Gasteiger partial charge is 0.0431 e. The van der Waals surface area contributed by atoms with Crippen molar-refractivity contribution in [3.05, 3.63) is 0 Å². The summed E-state index contributed by atoms with van der Waals surface area (Å²) in [5.41, 5.74) is 0. The van der Waals surface area contributed by atoms with Crippen molar-refractivity contribution in [3.8, 4) is 0 Å². The van der Waals surface area contributed by atoms with Gasteiger partial charge >= 0.3 is 0 Å². The highest BCUT2D eigenvalue weighted by Gasteiger charge is 2.19. The predicted octanol–water partition coefficient (Wildman–Crippen LogP) is 0.901. The number of unbranched alkanes of at least 4 members (excludes halogenated alkanes) is 2. The van der Waals surface area contributed by atoms with Gasteiger partial charge in [-0.25, -0.2) is 0 Å². The molecule has 1 aliphatic carbocycles. The first kappa shape index (κ1) is 8.02. The third-order valence-corrected chi connectivity index (χ3v) is 1.85. The molecule has 0 bridgehead atoms. The zero-order valence-corrected chi connectivity index (χ0v) is 6.47. The molecule has 1 saturated carbocycles. The molecule has 10 heavy (non-hydrogen) atoms. The van der Waals surface area contributed by atoms with Gasteiger partial charge in [-0.3, -0.25) is 0 Å². The highest BCUT2D eigenvalue weighted by Crippen LogP contribution is 2.18. The Morgan fingerprint density at radius 2 is 2.00 bits per heavy atom. The van der Waals surface area contributed by atoms with Gasteiger partial charge in [-0.2, -0.15) is 0 Å². The van der Waals surface area contributed by atoms with E-state index in [4.69, 9.17) is 5.11 Å².